The molecule has 0 aromatic carbocycles. The highest BCUT2D eigenvalue weighted by molar-refractivity contribution is 5.83. The van der Waals surface area contributed by atoms with Crippen LogP contribution in [0.2, 0.25) is 0 Å². The highest BCUT2D eigenvalue weighted by Gasteiger charge is 2.36. The summed E-state index contributed by atoms with van der Waals surface area (Å²) in [4.78, 5) is 25.4. The molecular formula is C12H19F3N2O2. The average molecular weight is 280 g/mol. The molecule has 0 aromatic heterocycles. The molecule has 0 spiro atoms. The van der Waals surface area contributed by atoms with Crippen molar-refractivity contribution >= 4 is 18.3 Å². The molecule has 0 aliphatic carbocycles. The Hall–Kier alpha value is -1.66. The van der Waals surface area contributed by atoms with E-state index in [0.717, 1.165) is 11.9 Å². The van der Waals surface area contributed by atoms with Crippen LogP contribution in [0.4, 0.5) is 13.2 Å². The summed E-state index contributed by atoms with van der Waals surface area (Å²) in [5, 5.41) is 0. The van der Waals surface area contributed by atoms with Crippen LogP contribution in [0.15, 0.2) is 16.8 Å². The van der Waals surface area contributed by atoms with Gasteiger partial charge in [-0.25, -0.2) is 0 Å². The van der Waals surface area contributed by atoms with Gasteiger partial charge in [-0.2, -0.15) is 13.2 Å². The van der Waals surface area contributed by atoms with E-state index in [2.05, 4.69) is 4.99 Å². The van der Waals surface area contributed by atoms with Crippen molar-refractivity contribution in [2.45, 2.75) is 26.4 Å². The number of rotatable bonds is 5. The fourth-order valence-corrected chi connectivity index (χ4v) is 0.881. The van der Waals surface area contributed by atoms with E-state index >= 15 is 0 Å². The van der Waals surface area contributed by atoms with E-state index in [1.54, 1.807) is 6.21 Å². The van der Waals surface area contributed by atoms with Crippen LogP contribution in [-0.4, -0.2) is 50.0 Å². The molecule has 0 N–H and O–H groups in total. The summed E-state index contributed by atoms with van der Waals surface area (Å²) < 4.78 is 33.3. The van der Waals surface area contributed by atoms with Crippen molar-refractivity contribution in [3.05, 3.63) is 11.8 Å². The van der Waals surface area contributed by atoms with Crippen molar-refractivity contribution in [1.29, 1.82) is 0 Å². The van der Waals surface area contributed by atoms with Crippen LogP contribution in [0, 0.1) is 0 Å². The molecule has 0 aliphatic heterocycles. The molecule has 0 radical (unpaired) electrons. The summed E-state index contributed by atoms with van der Waals surface area (Å²) in [5.74, 6) is -1.67. The van der Waals surface area contributed by atoms with E-state index in [9.17, 15) is 22.8 Å². The molecule has 0 aromatic rings. The molecule has 0 fully saturated rings. The minimum absolute atomic E-state index is 0.249. The van der Waals surface area contributed by atoms with E-state index in [1.165, 1.54) is 6.92 Å². The normalized spacial score (nSPS) is 11.8. The zero-order chi connectivity index (χ0) is 15.5. The Kier molecular flexibility index (Phi) is 10.6. The largest absolute Gasteiger partial charge is 0.449 e. The van der Waals surface area contributed by atoms with Gasteiger partial charge >= 0.3 is 6.18 Å². The molecule has 0 heterocycles. The van der Waals surface area contributed by atoms with Crippen molar-refractivity contribution in [3.63, 3.8) is 0 Å². The molecule has 0 unspecified atom stereocenters. The third-order valence-electron chi connectivity index (χ3n) is 1.57. The van der Waals surface area contributed by atoms with Crippen molar-refractivity contribution in [1.82, 2.24) is 4.90 Å². The molecule has 0 bridgehead atoms. The Morgan fingerprint density at radius 3 is 2.11 bits per heavy atom. The first kappa shape index (κ1) is 19.7. The number of allylic oxidation sites excluding steroid dienone is 1. The lowest BCUT2D eigenvalue weighted by Crippen LogP contribution is -2.20. The SMILES string of the molecule is C/C(C=NCC=O)=C/N(C)C.CCC(=O)C(F)(F)F. The van der Waals surface area contributed by atoms with E-state index in [4.69, 9.17) is 0 Å². The number of nitrogens with zero attached hydrogens (tertiary/aromatic N) is 2. The van der Waals surface area contributed by atoms with Crippen molar-refractivity contribution in [2.24, 2.45) is 4.99 Å². The number of hydrogen-bond donors (Lipinski definition) is 0. The smallest absolute Gasteiger partial charge is 0.383 e. The van der Waals surface area contributed by atoms with Crippen molar-refractivity contribution in [2.75, 3.05) is 20.6 Å². The third kappa shape index (κ3) is 14.3. The monoisotopic (exact) mass is 280 g/mol. The minimum atomic E-state index is -4.63. The highest BCUT2D eigenvalue weighted by Crippen LogP contribution is 2.16. The fourth-order valence-electron chi connectivity index (χ4n) is 0.881. The Bertz CT molecular complexity index is 334. The predicted octanol–water partition coefficient (Wildman–Crippen LogP) is 2.25. The standard InChI is InChI=1S/C8H14N2O.C4H5F3O/c1-8(7-10(2)3)6-9-4-5-11;1-2-3(8)4(5,6)7/h5-7H,4H2,1-3H3;2H2,1H3/b8-7-,9-6?;. The second kappa shape index (κ2) is 10.3. The number of aldehydes is 1. The van der Waals surface area contributed by atoms with Gasteiger partial charge < -0.3 is 9.69 Å². The van der Waals surface area contributed by atoms with Crippen LogP contribution in [0.1, 0.15) is 20.3 Å². The van der Waals surface area contributed by atoms with Gasteiger partial charge in [0.15, 0.2) is 0 Å². The van der Waals surface area contributed by atoms with Crippen molar-refractivity contribution in [3.8, 4) is 0 Å². The van der Waals surface area contributed by atoms with Gasteiger partial charge in [-0.15, -0.1) is 0 Å². The number of carbonyl (C=O) groups is 2. The van der Waals surface area contributed by atoms with E-state index in [-0.39, 0.29) is 6.54 Å². The van der Waals surface area contributed by atoms with E-state index in [0.29, 0.717) is 0 Å². The molecule has 0 atom stereocenters. The van der Waals surface area contributed by atoms with Gasteiger partial charge in [0.25, 0.3) is 0 Å². The first-order chi connectivity index (χ1) is 8.65. The molecule has 19 heavy (non-hydrogen) atoms. The molecule has 0 saturated heterocycles. The summed E-state index contributed by atoms with van der Waals surface area (Å²) in [6.45, 7) is 3.36. The molecular weight excluding hydrogens is 261 g/mol. The highest BCUT2D eigenvalue weighted by atomic mass is 19.4. The van der Waals surface area contributed by atoms with Crippen LogP contribution in [0.5, 0.6) is 0 Å². The minimum Gasteiger partial charge on any atom is -0.383 e. The van der Waals surface area contributed by atoms with Gasteiger partial charge in [-0.1, -0.05) is 6.92 Å². The predicted molar refractivity (Wildman–Crippen MR) is 68.2 cm³/mol. The number of aliphatic imine (C=N–C) groups is 1. The molecule has 0 saturated carbocycles. The number of ketones is 1. The quantitative estimate of drug-likeness (QED) is 0.573. The number of Topliss-reactive ketones (excluding diaryl/α,β-unsaturated/α-hetero) is 1. The topological polar surface area (TPSA) is 49.7 Å². The zero-order valence-electron chi connectivity index (χ0n) is 11.5. The lowest BCUT2D eigenvalue weighted by atomic mass is 10.3. The molecule has 4 nitrogen and oxygen atoms in total. The number of carbonyl (C=O) groups excluding carboxylic acids is 2. The lowest BCUT2D eigenvalue weighted by molar-refractivity contribution is -0.170. The van der Waals surface area contributed by atoms with Gasteiger partial charge in [-0.05, 0) is 12.5 Å². The van der Waals surface area contributed by atoms with Crippen molar-refractivity contribution < 1.29 is 22.8 Å². The Morgan fingerprint density at radius 2 is 1.84 bits per heavy atom. The maximum absolute atomic E-state index is 11.1. The molecule has 7 heteroatoms. The summed E-state index contributed by atoms with van der Waals surface area (Å²) in [6, 6.07) is 0. The third-order valence-corrected chi connectivity index (χ3v) is 1.57. The summed E-state index contributed by atoms with van der Waals surface area (Å²) in [6.07, 6.45) is -0.694. The van der Waals surface area contributed by atoms with Crippen LogP contribution >= 0.6 is 0 Å². The fraction of sp³-hybridized carbons (Fsp3) is 0.583. The molecule has 110 valence electrons. The molecule has 0 aliphatic rings. The summed E-state index contributed by atoms with van der Waals surface area (Å²) >= 11 is 0. The van der Waals surface area contributed by atoms with Gasteiger partial charge in [0.2, 0.25) is 5.78 Å². The van der Waals surface area contributed by atoms with Gasteiger partial charge in [0.05, 0.1) is 6.54 Å². The molecule has 0 rings (SSSR count). The lowest BCUT2D eigenvalue weighted by Gasteiger charge is -2.04. The van der Waals surface area contributed by atoms with Gasteiger partial charge in [-0.3, -0.25) is 9.79 Å². The van der Waals surface area contributed by atoms with E-state index in [1.807, 2.05) is 32.1 Å². The second-order valence-electron chi connectivity index (χ2n) is 3.77. The van der Waals surface area contributed by atoms with Crippen LogP contribution in [0.25, 0.3) is 0 Å². The first-order valence-corrected chi connectivity index (χ1v) is 5.53. The number of hydrogen-bond acceptors (Lipinski definition) is 4. The summed E-state index contributed by atoms with van der Waals surface area (Å²) in [7, 11) is 3.88. The van der Waals surface area contributed by atoms with Gasteiger partial charge in [0.1, 0.15) is 6.29 Å². The second-order valence-corrected chi connectivity index (χ2v) is 3.77. The van der Waals surface area contributed by atoms with Crippen LogP contribution in [-0.2, 0) is 9.59 Å². The van der Waals surface area contributed by atoms with Crippen LogP contribution < -0.4 is 0 Å². The Labute approximate surface area is 111 Å². The zero-order valence-corrected chi connectivity index (χ0v) is 11.5. The molecule has 0 amide bonds. The average Bonchev–Trinajstić information content (AvgIpc) is 2.27. The Morgan fingerprint density at radius 1 is 1.32 bits per heavy atom. The maximum atomic E-state index is 11.1. The number of alkyl halides is 3. The van der Waals surface area contributed by atoms with E-state index < -0.39 is 18.4 Å². The first-order valence-electron chi connectivity index (χ1n) is 5.53. The Balaban J connectivity index is 0. The van der Waals surface area contributed by atoms with Gasteiger partial charge in [0, 0.05) is 32.9 Å². The summed E-state index contributed by atoms with van der Waals surface area (Å²) in [5.41, 5.74) is 1.04. The number of halogens is 3. The van der Waals surface area contributed by atoms with Crippen LogP contribution in [0.3, 0.4) is 0 Å². The maximum Gasteiger partial charge on any atom is 0.449 e.